The van der Waals surface area contributed by atoms with Crippen molar-refractivity contribution in [3.8, 4) is 0 Å². The lowest BCUT2D eigenvalue weighted by molar-refractivity contribution is 0.252. The molecule has 116 valence electrons. The van der Waals surface area contributed by atoms with Crippen molar-refractivity contribution >= 4 is 22.5 Å². The molecule has 3 aromatic rings. The predicted molar refractivity (Wildman–Crippen MR) is 93.6 cm³/mol. The van der Waals surface area contributed by atoms with Gasteiger partial charge in [0.25, 0.3) is 0 Å². The summed E-state index contributed by atoms with van der Waals surface area (Å²) in [6.07, 6.45) is 4.33. The van der Waals surface area contributed by atoms with Gasteiger partial charge in [-0.15, -0.1) is 0 Å². The number of hydrogen-bond acceptors (Lipinski definition) is 2. The van der Waals surface area contributed by atoms with E-state index in [2.05, 4.69) is 46.8 Å². The van der Waals surface area contributed by atoms with Crippen LogP contribution in [-0.4, -0.2) is 17.6 Å². The monoisotopic (exact) mass is 305 g/mol. The number of urea groups is 1. The van der Waals surface area contributed by atoms with Crippen LogP contribution in [0.3, 0.4) is 0 Å². The first-order valence-corrected chi connectivity index (χ1v) is 7.65. The van der Waals surface area contributed by atoms with Gasteiger partial charge in [-0.2, -0.15) is 0 Å². The van der Waals surface area contributed by atoms with Crippen molar-refractivity contribution in [3.05, 3.63) is 72.1 Å². The van der Waals surface area contributed by atoms with Gasteiger partial charge >= 0.3 is 6.03 Å². The summed E-state index contributed by atoms with van der Waals surface area (Å²) in [5.41, 5.74) is 3.25. The molecule has 0 unspecified atom stereocenters. The zero-order valence-electron chi connectivity index (χ0n) is 13.0. The Morgan fingerprint density at radius 1 is 1.09 bits per heavy atom. The molecule has 0 aliphatic carbocycles. The molecule has 0 radical (unpaired) electrons. The maximum absolute atomic E-state index is 12.1. The number of benzene rings is 2. The zero-order valence-corrected chi connectivity index (χ0v) is 13.0. The van der Waals surface area contributed by atoms with Gasteiger partial charge in [-0.25, -0.2) is 4.79 Å². The van der Waals surface area contributed by atoms with Crippen LogP contribution < -0.4 is 10.6 Å². The van der Waals surface area contributed by atoms with Crippen LogP contribution in [0.1, 0.15) is 11.1 Å². The minimum Gasteiger partial charge on any atom is -0.338 e. The lowest BCUT2D eigenvalue weighted by Crippen LogP contribution is -2.30. The molecule has 0 spiro atoms. The molecular weight excluding hydrogens is 286 g/mol. The highest BCUT2D eigenvalue weighted by atomic mass is 16.2. The Bertz CT molecular complexity index is 807. The van der Waals surface area contributed by atoms with Crippen molar-refractivity contribution in [2.24, 2.45) is 0 Å². The molecule has 0 fully saturated rings. The van der Waals surface area contributed by atoms with E-state index in [-0.39, 0.29) is 6.03 Å². The fourth-order valence-electron chi connectivity index (χ4n) is 2.47. The highest BCUT2D eigenvalue weighted by Gasteiger charge is 2.05. The van der Waals surface area contributed by atoms with Crippen LogP contribution in [0.2, 0.25) is 0 Å². The van der Waals surface area contributed by atoms with E-state index in [9.17, 15) is 4.79 Å². The number of carbonyl (C=O) groups is 1. The quantitative estimate of drug-likeness (QED) is 0.768. The second-order valence-electron chi connectivity index (χ2n) is 5.52. The molecule has 23 heavy (non-hydrogen) atoms. The third-order valence-corrected chi connectivity index (χ3v) is 3.75. The van der Waals surface area contributed by atoms with Gasteiger partial charge in [-0.05, 0) is 31.0 Å². The highest BCUT2D eigenvalue weighted by molar-refractivity contribution is 6.01. The molecular formula is C19H19N3O. The van der Waals surface area contributed by atoms with Crippen LogP contribution in [0, 0.1) is 6.92 Å². The molecule has 2 N–H and O–H groups in total. The van der Waals surface area contributed by atoms with Crippen LogP contribution in [0.25, 0.3) is 10.8 Å². The van der Waals surface area contributed by atoms with Crippen molar-refractivity contribution in [2.75, 3.05) is 11.9 Å². The van der Waals surface area contributed by atoms with Gasteiger partial charge in [0.05, 0.1) is 5.69 Å². The number of nitrogens with zero attached hydrogens (tertiary/aromatic N) is 1. The summed E-state index contributed by atoms with van der Waals surface area (Å²) in [5.74, 6) is 0. The van der Waals surface area contributed by atoms with Crippen molar-refractivity contribution in [1.82, 2.24) is 10.3 Å². The van der Waals surface area contributed by atoms with Crippen LogP contribution in [0.5, 0.6) is 0 Å². The number of anilines is 1. The molecule has 1 aromatic heterocycles. The van der Waals surface area contributed by atoms with Crippen molar-refractivity contribution in [2.45, 2.75) is 13.3 Å². The van der Waals surface area contributed by atoms with Crippen LogP contribution >= 0.6 is 0 Å². The van der Waals surface area contributed by atoms with E-state index in [0.717, 1.165) is 22.9 Å². The number of aromatic nitrogens is 1. The van der Waals surface area contributed by atoms with E-state index >= 15 is 0 Å². The normalized spacial score (nSPS) is 10.5. The third kappa shape index (κ3) is 3.86. The summed E-state index contributed by atoms with van der Waals surface area (Å²) in [5, 5.41) is 7.78. The summed E-state index contributed by atoms with van der Waals surface area (Å²) in [4.78, 5) is 16.2. The minimum atomic E-state index is -0.193. The number of pyridine rings is 1. The molecule has 0 bridgehead atoms. The minimum absolute atomic E-state index is 0.193. The first-order chi connectivity index (χ1) is 11.2. The van der Waals surface area contributed by atoms with E-state index in [4.69, 9.17) is 0 Å². The molecule has 2 aromatic carbocycles. The lowest BCUT2D eigenvalue weighted by Gasteiger charge is -2.10. The maximum Gasteiger partial charge on any atom is 0.319 e. The SMILES string of the molecule is Cc1ccc(CCNC(=O)Nc2cccc3cnccc23)cc1. The second kappa shape index (κ2) is 6.92. The first kappa shape index (κ1) is 15.0. The zero-order chi connectivity index (χ0) is 16.1. The summed E-state index contributed by atoms with van der Waals surface area (Å²) >= 11 is 0. The summed E-state index contributed by atoms with van der Waals surface area (Å²) in [6, 6.07) is 15.8. The lowest BCUT2D eigenvalue weighted by atomic mass is 10.1. The predicted octanol–water partition coefficient (Wildman–Crippen LogP) is 3.91. The molecule has 1 heterocycles. The van der Waals surface area contributed by atoms with E-state index in [1.165, 1.54) is 11.1 Å². The van der Waals surface area contributed by atoms with Gasteiger partial charge in [-0.3, -0.25) is 4.98 Å². The topological polar surface area (TPSA) is 54.0 Å². The van der Waals surface area contributed by atoms with Crippen LogP contribution in [0.4, 0.5) is 10.5 Å². The Kier molecular flexibility index (Phi) is 4.52. The number of hydrogen-bond donors (Lipinski definition) is 2. The Morgan fingerprint density at radius 3 is 2.74 bits per heavy atom. The molecule has 0 saturated heterocycles. The number of nitrogens with one attached hydrogen (secondary N) is 2. The fraction of sp³-hybridized carbons (Fsp3) is 0.158. The van der Waals surface area contributed by atoms with E-state index < -0.39 is 0 Å². The number of aryl methyl sites for hydroxylation is 1. The second-order valence-corrected chi connectivity index (χ2v) is 5.52. The first-order valence-electron chi connectivity index (χ1n) is 7.65. The van der Waals surface area contributed by atoms with Gasteiger partial charge in [0.15, 0.2) is 0 Å². The number of fused-ring (bicyclic) bond motifs is 1. The average Bonchev–Trinajstić information content (AvgIpc) is 2.57. The molecule has 3 rings (SSSR count). The van der Waals surface area contributed by atoms with Gasteiger partial charge in [0.1, 0.15) is 0 Å². The molecule has 4 nitrogen and oxygen atoms in total. The van der Waals surface area contributed by atoms with Crippen molar-refractivity contribution in [1.29, 1.82) is 0 Å². The number of amides is 2. The molecule has 4 heteroatoms. The van der Waals surface area contributed by atoms with Crippen molar-refractivity contribution in [3.63, 3.8) is 0 Å². The van der Waals surface area contributed by atoms with E-state index in [0.29, 0.717) is 6.54 Å². The van der Waals surface area contributed by atoms with Gasteiger partial charge in [0, 0.05) is 29.7 Å². The van der Waals surface area contributed by atoms with Gasteiger partial charge in [-0.1, -0.05) is 42.0 Å². The Hall–Kier alpha value is -2.88. The van der Waals surface area contributed by atoms with E-state index in [1.54, 1.807) is 12.4 Å². The van der Waals surface area contributed by atoms with Crippen LogP contribution in [0.15, 0.2) is 60.9 Å². The molecule has 0 saturated carbocycles. The standard InChI is InChI=1S/C19H19N3O/c1-14-5-7-15(8-6-14)9-12-21-19(23)22-18-4-2-3-16-13-20-11-10-17(16)18/h2-8,10-11,13H,9,12H2,1H3,(H2,21,22,23). The Labute approximate surface area is 135 Å². The highest BCUT2D eigenvalue weighted by Crippen LogP contribution is 2.21. The van der Waals surface area contributed by atoms with Gasteiger partial charge in [0.2, 0.25) is 0 Å². The average molecular weight is 305 g/mol. The van der Waals surface area contributed by atoms with E-state index in [1.807, 2.05) is 24.3 Å². The maximum atomic E-state index is 12.1. The number of rotatable bonds is 4. The fourth-order valence-corrected chi connectivity index (χ4v) is 2.47. The number of carbonyl (C=O) groups excluding carboxylic acids is 1. The summed E-state index contributed by atoms with van der Waals surface area (Å²) < 4.78 is 0. The van der Waals surface area contributed by atoms with Gasteiger partial charge < -0.3 is 10.6 Å². The molecule has 0 aliphatic heterocycles. The summed E-state index contributed by atoms with van der Waals surface area (Å²) in [7, 11) is 0. The van der Waals surface area contributed by atoms with Crippen LogP contribution in [-0.2, 0) is 6.42 Å². The Morgan fingerprint density at radius 2 is 1.91 bits per heavy atom. The Balaban J connectivity index is 1.57. The van der Waals surface area contributed by atoms with Crippen molar-refractivity contribution < 1.29 is 4.79 Å². The largest absolute Gasteiger partial charge is 0.338 e. The summed E-state index contributed by atoms with van der Waals surface area (Å²) in [6.45, 7) is 2.66. The third-order valence-electron chi connectivity index (χ3n) is 3.75. The molecule has 0 atom stereocenters. The smallest absolute Gasteiger partial charge is 0.319 e. The molecule has 0 aliphatic rings. The molecule has 2 amide bonds.